The molecule has 0 fully saturated rings. The zero-order chi connectivity index (χ0) is 19.5. The van der Waals surface area contributed by atoms with E-state index in [1.165, 1.54) is 0 Å². The fourth-order valence-electron chi connectivity index (χ4n) is 2.66. The van der Waals surface area contributed by atoms with Gasteiger partial charge in [0.15, 0.2) is 5.75 Å². The van der Waals surface area contributed by atoms with Gasteiger partial charge in [0.2, 0.25) is 5.82 Å². The highest BCUT2D eigenvalue weighted by atomic mass is 35.5. The second-order valence-electron chi connectivity index (χ2n) is 5.98. The summed E-state index contributed by atoms with van der Waals surface area (Å²) < 4.78 is 11.2. The first kappa shape index (κ1) is 18.8. The number of hydrogen-bond donors (Lipinski definition) is 0. The van der Waals surface area contributed by atoms with Gasteiger partial charge < -0.3 is 9.26 Å². The van der Waals surface area contributed by atoms with Crippen LogP contribution in [-0.2, 0) is 6.61 Å². The summed E-state index contributed by atoms with van der Waals surface area (Å²) in [7, 11) is 0. The van der Waals surface area contributed by atoms with Crippen molar-refractivity contribution >= 4 is 34.8 Å². The summed E-state index contributed by atoms with van der Waals surface area (Å²) in [5.41, 5.74) is 2.59. The van der Waals surface area contributed by atoms with Crippen molar-refractivity contribution in [2.75, 3.05) is 0 Å². The molecule has 3 aromatic carbocycles. The summed E-state index contributed by atoms with van der Waals surface area (Å²) in [6, 6.07) is 20.5. The normalized spacial score (nSPS) is 10.8. The second-order valence-corrected chi connectivity index (χ2v) is 7.23. The number of hydrogen-bond acceptors (Lipinski definition) is 4. The van der Waals surface area contributed by atoms with Crippen LogP contribution in [0.1, 0.15) is 5.56 Å². The maximum atomic E-state index is 6.16. The number of rotatable bonds is 5. The standard InChI is InChI=1S/C21H13Cl3N2O2/c22-16-10-17(23)19(18(24)11-16)27-12-13-5-4-8-15(9-13)21-25-20(26-28-21)14-6-2-1-3-7-14/h1-11H,12H2. The second kappa shape index (κ2) is 8.23. The number of benzene rings is 3. The Hall–Kier alpha value is -2.53. The van der Waals surface area contributed by atoms with Crippen molar-refractivity contribution in [3.05, 3.63) is 87.4 Å². The van der Waals surface area contributed by atoms with Gasteiger partial charge in [0.25, 0.3) is 5.89 Å². The molecule has 0 N–H and O–H groups in total. The molecule has 0 aliphatic heterocycles. The van der Waals surface area contributed by atoms with Crippen LogP contribution in [0.3, 0.4) is 0 Å². The van der Waals surface area contributed by atoms with E-state index >= 15 is 0 Å². The SMILES string of the molecule is Clc1cc(Cl)c(OCc2cccc(-c3nc(-c4ccccc4)no3)c2)c(Cl)c1. The first-order chi connectivity index (χ1) is 13.6. The molecule has 0 aliphatic rings. The third kappa shape index (κ3) is 4.14. The van der Waals surface area contributed by atoms with Crippen LogP contribution in [0, 0.1) is 0 Å². The molecule has 4 aromatic rings. The molecule has 7 heteroatoms. The van der Waals surface area contributed by atoms with E-state index in [0.29, 0.717) is 32.5 Å². The van der Waals surface area contributed by atoms with Gasteiger partial charge in [0.05, 0.1) is 10.0 Å². The molecule has 0 spiro atoms. The molecule has 0 bridgehead atoms. The van der Waals surface area contributed by atoms with Crippen LogP contribution in [0.4, 0.5) is 0 Å². The van der Waals surface area contributed by atoms with E-state index in [1.54, 1.807) is 12.1 Å². The smallest absolute Gasteiger partial charge is 0.258 e. The molecule has 1 aromatic heterocycles. The lowest BCUT2D eigenvalue weighted by atomic mass is 10.1. The molecular weight excluding hydrogens is 419 g/mol. The highest BCUT2D eigenvalue weighted by Gasteiger charge is 2.12. The summed E-state index contributed by atoms with van der Waals surface area (Å²) in [4.78, 5) is 4.47. The average molecular weight is 432 g/mol. The van der Waals surface area contributed by atoms with E-state index in [2.05, 4.69) is 10.1 Å². The fraction of sp³-hybridized carbons (Fsp3) is 0.0476. The lowest BCUT2D eigenvalue weighted by Gasteiger charge is -2.10. The highest BCUT2D eigenvalue weighted by molar-refractivity contribution is 6.40. The van der Waals surface area contributed by atoms with Crippen LogP contribution in [0.5, 0.6) is 5.75 Å². The summed E-state index contributed by atoms with van der Waals surface area (Å²) in [6.45, 7) is 0.272. The molecule has 28 heavy (non-hydrogen) atoms. The molecule has 0 aliphatic carbocycles. The predicted molar refractivity (Wildman–Crippen MR) is 111 cm³/mol. The summed E-state index contributed by atoms with van der Waals surface area (Å²) in [5.74, 6) is 1.36. The minimum absolute atomic E-state index is 0.272. The lowest BCUT2D eigenvalue weighted by molar-refractivity contribution is 0.306. The summed E-state index contributed by atoms with van der Waals surface area (Å²) in [6.07, 6.45) is 0. The van der Waals surface area contributed by atoms with Crippen molar-refractivity contribution in [2.45, 2.75) is 6.61 Å². The van der Waals surface area contributed by atoms with Gasteiger partial charge in [0.1, 0.15) is 6.61 Å². The van der Waals surface area contributed by atoms with Crippen molar-refractivity contribution in [2.24, 2.45) is 0 Å². The van der Waals surface area contributed by atoms with E-state index in [1.807, 2.05) is 54.6 Å². The molecule has 140 valence electrons. The third-order valence-electron chi connectivity index (χ3n) is 3.98. The largest absolute Gasteiger partial charge is 0.486 e. The molecule has 0 radical (unpaired) electrons. The van der Waals surface area contributed by atoms with E-state index in [0.717, 1.165) is 16.7 Å². The Morgan fingerprint density at radius 2 is 1.54 bits per heavy atom. The number of nitrogens with zero attached hydrogens (tertiary/aromatic N) is 2. The molecule has 0 amide bonds. The average Bonchev–Trinajstić information content (AvgIpc) is 3.18. The van der Waals surface area contributed by atoms with Gasteiger partial charge in [-0.25, -0.2) is 0 Å². The van der Waals surface area contributed by atoms with Gasteiger partial charge in [-0.1, -0.05) is 82.4 Å². The lowest BCUT2D eigenvalue weighted by Crippen LogP contribution is -1.97. The monoisotopic (exact) mass is 430 g/mol. The Kier molecular flexibility index (Phi) is 5.53. The van der Waals surface area contributed by atoms with E-state index in [9.17, 15) is 0 Å². The van der Waals surface area contributed by atoms with Crippen LogP contribution in [0.2, 0.25) is 15.1 Å². The van der Waals surface area contributed by atoms with E-state index < -0.39 is 0 Å². The molecular formula is C21H13Cl3N2O2. The summed E-state index contributed by atoms with van der Waals surface area (Å²) >= 11 is 18.3. The zero-order valence-electron chi connectivity index (χ0n) is 14.4. The first-order valence-electron chi connectivity index (χ1n) is 8.36. The maximum Gasteiger partial charge on any atom is 0.258 e. The zero-order valence-corrected chi connectivity index (χ0v) is 16.7. The van der Waals surface area contributed by atoms with E-state index in [-0.39, 0.29) is 6.61 Å². The van der Waals surface area contributed by atoms with Gasteiger partial charge in [-0.05, 0) is 29.8 Å². The Morgan fingerprint density at radius 3 is 2.29 bits per heavy atom. The molecule has 0 unspecified atom stereocenters. The van der Waals surface area contributed by atoms with Crippen LogP contribution >= 0.6 is 34.8 Å². The van der Waals surface area contributed by atoms with Gasteiger partial charge in [0, 0.05) is 16.1 Å². The van der Waals surface area contributed by atoms with Gasteiger partial charge in [-0.15, -0.1) is 0 Å². The van der Waals surface area contributed by atoms with Crippen molar-refractivity contribution in [3.63, 3.8) is 0 Å². The quantitative estimate of drug-likeness (QED) is 0.343. The first-order valence-corrected chi connectivity index (χ1v) is 9.49. The van der Waals surface area contributed by atoms with Crippen molar-refractivity contribution in [3.8, 4) is 28.6 Å². The predicted octanol–water partition coefficient (Wildman–Crippen LogP) is 6.94. The van der Waals surface area contributed by atoms with Gasteiger partial charge in [-0.3, -0.25) is 0 Å². The molecule has 4 nitrogen and oxygen atoms in total. The maximum absolute atomic E-state index is 6.16. The Morgan fingerprint density at radius 1 is 0.821 bits per heavy atom. The summed E-state index contributed by atoms with van der Waals surface area (Å²) in [5, 5.41) is 5.23. The van der Waals surface area contributed by atoms with Crippen molar-refractivity contribution in [1.29, 1.82) is 0 Å². The van der Waals surface area contributed by atoms with E-state index in [4.69, 9.17) is 44.1 Å². The number of ether oxygens (including phenoxy) is 1. The fourth-order valence-corrected chi connectivity index (χ4v) is 3.59. The number of aromatic nitrogens is 2. The van der Waals surface area contributed by atoms with Crippen molar-refractivity contribution in [1.82, 2.24) is 10.1 Å². The van der Waals surface area contributed by atoms with Crippen LogP contribution < -0.4 is 4.74 Å². The topological polar surface area (TPSA) is 48.2 Å². The Labute approximate surface area is 176 Å². The highest BCUT2D eigenvalue weighted by Crippen LogP contribution is 2.36. The molecule has 1 heterocycles. The minimum Gasteiger partial charge on any atom is -0.486 e. The van der Waals surface area contributed by atoms with Gasteiger partial charge >= 0.3 is 0 Å². The van der Waals surface area contributed by atoms with Crippen LogP contribution in [0.15, 0.2) is 71.3 Å². The van der Waals surface area contributed by atoms with Gasteiger partial charge in [-0.2, -0.15) is 4.98 Å². The molecule has 4 rings (SSSR count). The third-order valence-corrected chi connectivity index (χ3v) is 4.76. The Balaban J connectivity index is 1.53. The Bertz CT molecular complexity index is 1090. The number of halogens is 3. The molecule has 0 saturated heterocycles. The minimum atomic E-state index is 0.272. The van der Waals surface area contributed by atoms with Crippen LogP contribution in [-0.4, -0.2) is 10.1 Å². The molecule has 0 atom stereocenters. The van der Waals surface area contributed by atoms with Crippen LogP contribution in [0.25, 0.3) is 22.8 Å². The van der Waals surface area contributed by atoms with Crippen molar-refractivity contribution < 1.29 is 9.26 Å². The molecule has 0 saturated carbocycles.